The van der Waals surface area contributed by atoms with E-state index in [1.165, 1.54) is 11.8 Å². The normalized spacial score (nSPS) is 10.6. The van der Waals surface area contributed by atoms with E-state index in [0.29, 0.717) is 28.0 Å². The molecule has 1 aromatic heterocycles. The van der Waals surface area contributed by atoms with Crippen LogP contribution in [0.2, 0.25) is 5.02 Å². The molecule has 0 aliphatic carbocycles. The summed E-state index contributed by atoms with van der Waals surface area (Å²) in [6, 6.07) is 6.76. The van der Waals surface area contributed by atoms with Crippen molar-refractivity contribution < 1.29 is 9.59 Å². The Morgan fingerprint density at radius 3 is 2.59 bits per heavy atom. The van der Waals surface area contributed by atoms with Crippen LogP contribution < -0.4 is 5.73 Å². The number of nitrogens with zero attached hydrogens (tertiary/aromatic N) is 3. The lowest BCUT2D eigenvalue weighted by atomic mass is 10.1. The van der Waals surface area contributed by atoms with E-state index in [-0.39, 0.29) is 23.9 Å². The Labute approximate surface area is 137 Å². The van der Waals surface area contributed by atoms with Crippen molar-refractivity contribution in [3.05, 3.63) is 40.7 Å². The molecular weight excluding hydrogens is 324 g/mol. The van der Waals surface area contributed by atoms with Crippen LogP contribution in [0.15, 0.2) is 29.4 Å². The molecule has 0 saturated carbocycles. The Hall–Kier alpha value is -1.86. The van der Waals surface area contributed by atoms with Crippen molar-refractivity contribution >= 4 is 35.1 Å². The van der Waals surface area contributed by atoms with Crippen LogP contribution in [0.3, 0.4) is 0 Å². The molecular formula is C14H15ClN4O2S. The maximum absolute atomic E-state index is 12.1. The molecule has 2 N–H and O–H groups in total. The van der Waals surface area contributed by atoms with Crippen LogP contribution in [0.5, 0.6) is 0 Å². The molecule has 0 bridgehead atoms. The Balaban J connectivity index is 1.95. The van der Waals surface area contributed by atoms with Gasteiger partial charge in [-0.25, -0.2) is 0 Å². The number of nitrogens with two attached hydrogens (primary N) is 1. The minimum atomic E-state index is -0.380. The molecule has 6 nitrogen and oxygen atoms in total. The van der Waals surface area contributed by atoms with Gasteiger partial charge in [0.2, 0.25) is 5.91 Å². The highest BCUT2D eigenvalue weighted by atomic mass is 35.5. The minimum Gasteiger partial charge on any atom is -0.370 e. The molecule has 0 atom stereocenters. The second-order valence-corrected chi connectivity index (χ2v) is 6.02. The van der Waals surface area contributed by atoms with E-state index in [1.807, 2.05) is 0 Å². The van der Waals surface area contributed by atoms with E-state index in [2.05, 4.69) is 10.2 Å². The first-order valence-electron chi connectivity index (χ1n) is 6.55. The first kappa shape index (κ1) is 16.5. The molecule has 8 heteroatoms. The summed E-state index contributed by atoms with van der Waals surface area (Å²) < 4.78 is 1.77. The fraction of sp³-hybridized carbons (Fsp3) is 0.286. The summed E-state index contributed by atoms with van der Waals surface area (Å²) in [5, 5.41) is 9.25. The van der Waals surface area contributed by atoms with Gasteiger partial charge in [-0.15, -0.1) is 10.2 Å². The third-order valence-corrected chi connectivity index (χ3v) is 4.29. The Morgan fingerprint density at radius 2 is 1.95 bits per heavy atom. The minimum absolute atomic E-state index is 0.0108. The third-order valence-electron chi connectivity index (χ3n) is 3.02. The van der Waals surface area contributed by atoms with E-state index < -0.39 is 0 Å². The zero-order chi connectivity index (χ0) is 16.1. The molecule has 2 rings (SSSR count). The van der Waals surface area contributed by atoms with Gasteiger partial charge in [-0.05, 0) is 24.3 Å². The van der Waals surface area contributed by atoms with Crippen molar-refractivity contribution in [3.63, 3.8) is 0 Å². The summed E-state index contributed by atoms with van der Waals surface area (Å²) in [5.41, 5.74) is 5.72. The predicted molar refractivity (Wildman–Crippen MR) is 85.0 cm³/mol. The number of ketones is 1. The molecule has 22 heavy (non-hydrogen) atoms. The van der Waals surface area contributed by atoms with E-state index in [4.69, 9.17) is 17.3 Å². The molecule has 0 unspecified atom stereocenters. The Morgan fingerprint density at radius 1 is 1.27 bits per heavy atom. The number of carbonyl (C=O) groups excluding carboxylic acids is 2. The molecule has 0 aliphatic heterocycles. The lowest BCUT2D eigenvalue weighted by molar-refractivity contribution is -0.118. The number of rotatable bonds is 7. The average Bonchev–Trinajstić information content (AvgIpc) is 2.84. The molecule has 0 spiro atoms. The summed E-state index contributed by atoms with van der Waals surface area (Å²) in [6.07, 6.45) is 0.658. The van der Waals surface area contributed by atoms with Crippen LogP contribution in [-0.2, 0) is 18.3 Å². The fourth-order valence-electron chi connectivity index (χ4n) is 1.77. The van der Waals surface area contributed by atoms with Gasteiger partial charge in [-0.3, -0.25) is 9.59 Å². The van der Waals surface area contributed by atoms with Crippen molar-refractivity contribution in [2.75, 3.05) is 5.75 Å². The maximum atomic E-state index is 12.1. The highest BCUT2D eigenvalue weighted by molar-refractivity contribution is 7.99. The first-order chi connectivity index (χ1) is 10.5. The van der Waals surface area contributed by atoms with Gasteiger partial charge in [-0.1, -0.05) is 23.4 Å². The second-order valence-electron chi connectivity index (χ2n) is 4.64. The van der Waals surface area contributed by atoms with Crippen LogP contribution in [0.25, 0.3) is 0 Å². The highest BCUT2D eigenvalue weighted by Gasteiger charge is 2.13. The zero-order valence-corrected chi connectivity index (χ0v) is 13.5. The van der Waals surface area contributed by atoms with Crippen molar-refractivity contribution in [2.24, 2.45) is 12.8 Å². The fourth-order valence-corrected chi connectivity index (χ4v) is 2.72. The van der Waals surface area contributed by atoms with Gasteiger partial charge in [0.25, 0.3) is 0 Å². The van der Waals surface area contributed by atoms with Gasteiger partial charge in [0, 0.05) is 30.5 Å². The lowest BCUT2D eigenvalue weighted by Gasteiger charge is -2.03. The molecule has 0 saturated heterocycles. The number of carbonyl (C=O) groups is 2. The molecule has 1 amide bonds. The van der Waals surface area contributed by atoms with Crippen LogP contribution >= 0.6 is 23.4 Å². The number of thioether (sulfide) groups is 1. The molecule has 1 heterocycles. The van der Waals surface area contributed by atoms with Crippen molar-refractivity contribution in [2.45, 2.75) is 18.0 Å². The van der Waals surface area contributed by atoms with Gasteiger partial charge >= 0.3 is 0 Å². The van der Waals surface area contributed by atoms with Gasteiger partial charge in [0.15, 0.2) is 10.9 Å². The van der Waals surface area contributed by atoms with Crippen molar-refractivity contribution in [3.8, 4) is 0 Å². The summed E-state index contributed by atoms with van der Waals surface area (Å²) in [7, 11) is 1.80. The smallest absolute Gasteiger partial charge is 0.217 e. The topological polar surface area (TPSA) is 90.9 Å². The number of amides is 1. The van der Waals surface area contributed by atoms with E-state index in [1.54, 1.807) is 35.9 Å². The number of halogens is 1. The number of hydrogen-bond donors (Lipinski definition) is 1. The number of Topliss-reactive ketones (excluding diaryl/α,β-unsaturated/α-hetero) is 1. The number of hydrogen-bond acceptors (Lipinski definition) is 5. The number of aromatic nitrogens is 3. The maximum Gasteiger partial charge on any atom is 0.217 e. The number of primary amides is 1. The Kier molecular flexibility index (Phi) is 5.57. The molecule has 2 aromatic rings. The SMILES string of the molecule is Cn1c(CCC(N)=O)nnc1SCC(=O)c1ccc(Cl)cc1. The molecule has 1 aromatic carbocycles. The second kappa shape index (κ2) is 7.42. The number of aryl methyl sites for hydroxylation is 1. The van der Waals surface area contributed by atoms with E-state index in [9.17, 15) is 9.59 Å². The van der Waals surface area contributed by atoms with Gasteiger partial charge in [0.1, 0.15) is 5.82 Å². The standard InChI is InChI=1S/C14H15ClN4O2S/c1-19-13(7-6-12(16)21)17-18-14(19)22-8-11(20)9-2-4-10(15)5-3-9/h2-5H,6-8H2,1H3,(H2,16,21). The number of benzene rings is 1. The van der Waals surface area contributed by atoms with Crippen LogP contribution in [0.1, 0.15) is 22.6 Å². The lowest BCUT2D eigenvalue weighted by Crippen LogP contribution is -2.13. The van der Waals surface area contributed by atoms with Crippen molar-refractivity contribution in [1.29, 1.82) is 0 Å². The summed E-state index contributed by atoms with van der Waals surface area (Å²) in [6.45, 7) is 0. The highest BCUT2D eigenvalue weighted by Crippen LogP contribution is 2.18. The zero-order valence-electron chi connectivity index (χ0n) is 12.0. The molecule has 0 radical (unpaired) electrons. The van der Waals surface area contributed by atoms with Crippen LogP contribution in [0.4, 0.5) is 0 Å². The quantitative estimate of drug-likeness (QED) is 0.614. The summed E-state index contributed by atoms with van der Waals surface area (Å²) in [5.74, 6) is 0.530. The third kappa shape index (κ3) is 4.32. The summed E-state index contributed by atoms with van der Waals surface area (Å²) >= 11 is 7.09. The van der Waals surface area contributed by atoms with Crippen LogP contribution in [-0.4, -0.2) is 32.2 Å². The van der Waals surface area contributed by atoms with E-state index in [0.717, 1.165) is 0 Å². The molecule has 116 valence electrons. The van der Waals surface area contributed by atoms with Gasteiger partial charge in [-0.2, -0.15) is 0 Å². The van der Waals surface area contributed by atoms with Gasteiger partial charge in [0.05, 0.1) is 5.75 Å². The van der Waals surface area contributed by atoms with E-state index >= 15 is 0 Å². The largest absolute Gasteiger partial charge is 0.370 e. The summed E-state index contributed by atoms with van der Waals surface area (Å²) in [4.78, 5) is 22.9. The van der Waals surface area contributed by atoms with Crippen molar-refractivity contribution in [1.82, 2.24) is 14.8 Å². The van der Waals surface area contributed by atoms with Gasteiger partial charge < -0.3 is 10.3 Å². The van der Waals surface area contributed by atoms with Crippen LogP contribution in [0, 0.1) is 0 Å². The predicted octanol–water partition coefficient (Wildman–Crippen LogP) is 1.86. The monoisotopic (exact) mass is 338 g/mol. The molecule has 0 fully saturated rings. The average molecular weight is 339 g/mol. The first-order valence-corrected chi connectivity index (χ1v) is 7.92. The Bertz CT molecular complexity index is 685. The molecule has 0 aliphatic rings.